The number of amides is 5. The normalized spacial score (nSPS) is 12.1. The van der Waals surface area contributed by atoms with Gasteiger partial charge in [-0.2, -0.15) is 0 Å². The van der Waals surface area contributed by atoms with Crippen molar-refractivity contribution in [2.24, 2.45) is 0 Å². The summed E-state index contributed by atoms with van der Waals surface area (Å²) in [5, 5.41) is 4.48. The number of hydrogen-bond donors (Lipinski definition) is 2. The highest BCUT2D eigenvalue weighted by molar-refractivity contribution is 6.22. The molecule has 5 amide bonds. The van der Waals surface area contributed by atoms with Gasteiger partial charge in [0.15, 0.2) is 18.1 Å². The minimum absolute atomic E-state index is 0.191. The quantitative estimate of drug-likeness (QED) is 0.420. The highest BCUT2D eigenvalue weighted by Gasteiger charge is 2.36. The summed E-state index contributed by atoms with van der Waals surface area (Å²) in [4.78, 5) is 61.4. The third kappa shape index (κ3) is 5.68. The van der Waals surface area contributed by atoms with Crippen molar-refractivity contribution in [1.29, 1.82) is 0 Å². The topological polar surface area (TPSA) is 140 Å². The zero-order chi connectivity index (χ0) is 24.7. The molecule has 2 N–H and O–H groups in total. The number of benzene rings is 2. The average Bonchev–Trinajstić information content (AvgIpc) is 3.04. The lowest BCUT2D eigenvalue weighted by atomic mass is 10.1. The summed E-state index contributed by atoms with van der Waals surface area (Å²) in [7, 11) is 0. The van der Waals surface area contributed by atoms with Gasteiger partial charge < -0.3 is 19.5 Å². The Bertz CT molecular complexity index is 1100. The first-order valence-corrected chi connectivity index (χ1v) is 10.4. The summed E-state index contributed by atoms with van der Waals surface area (Å²) >= 11 is 0. The molecule has 11 heteroatoms. The summed E-state index contributed by atoms with van der Waals surface area (Å²) in [6.07, 6.45) is 0. The van der Waals surface area contributed by atoms with Gasteiger partial charge >= 0.3 is 12.0 Å². The molecule has 0 bridgehead atoms. The summed E-state index contributed by atoms with van der Waals surface area (Å²) in [5.74, 6) is -2.18. The Morgan fingerprint density at radius 2 is 1.50 bits per heavy atom. The minimum Gasteiger partial charge on any atom is -0.490 e. The minimum atomic E-state index is -0.974. The number of anilines is 1. The number of fused-ring (bicyclic) bond motifs is 1. The molecule has 0 radical (unpaired) electrons. The number of hydrogen-bond acceptors (Lipinski definition) is 8. The lowest BCUT2D eigenvalue weighted by molar-refractivity contribution is -0.148. The molecule has 1 aliphatic heterocycles. The number of rotatable bonds is 9. The first-order valence-electron chi connectivity index (χ1n) is 10.4. The van der Waals surface area contributed by atoms with Crippen LogP contribution >= 0.6 is 0 Å². The van der Waals surface area contributed by atoms with E-state index < -0.39 is 42.9 Å². The van der Waals surface area contributed by atoms with E-state index in [-0.39, 0.29) is 11.1 Å². The third-order valence-electron chi connectivity index (χ3n) is 4.58. The van der Waals surface area contributed by atoms with Crippen LogP contribution in [0.15, 0.2) is 42.5 Å². The van der Waals surface area contributed by atoms with Crippen molar-refractivity contribution in [3.8, 4) is 11.5 Å². The Morgan fingerprint density at radius 3 is 2.12 bits per heavy atom. The van der Waals surface area contributed by atoms with Gasteiger partial charge in [-0.3, -0.25) is 29.4 Å². The van der Waals surface area contributed by atoms with Crippen LogP contribution < -0.4 is 20.1 Å². The molecule has 34 heavy (non-hydrogen) atoms. The van der Waals surface area contributed by atoms with Gasteiger partial charge in [-0.1, -0.05) is 12.1 Å². The predicted molar refractivity (Wildman–Crippen MR) is 119 cm³/mol. The van der Waals surface area contributed by atoms with Crippen molar-refractivity contribution in [1.82, 2.24) is 10.2 Å². The maximum atomic E-state index is 12.3. The molecule has 0 aliphatic carbocycles. The van der Waals surface area contributed by atoms with Gasteiger partial charge in [0.1, 0.15) is 6.54 Å². The van der Waals surface area contributed by atoms with Crippen LogP contribution in [0.3, 0.4) is 0 Å². The molecule has 0 fully saturated rings. The van der Waals surface area contributed by atoms with Crippen LogP contribution in [0.1, 0.15) is 34.6 Å². The SMILES string of the molecule is CCOc1ccc(NC(=O)NC(=O)COC(=O)CN2C(=O)c3ccccc3C2=O)cc1OCC. The number of nitrogens with zero attached hydrogens (tertiary/aromatic N) is 1. The fourth-order valence-electron chi connectivity index (χ4n) is 3.16. The number of ether oxygens (including phenoxy) is 3. The van der Waals surface area contributed by atoms with Gasteiger partial charge in [0.05, 0.1) is 24.3 Å². The zero-order valence-electron chi connectivity index (χ0n) is 18.6. The smallest absolute Gasteiger partial charge is 0.326 e. The molecule has 2 aromatic rings. The van der Waals surface area contributed by atoms with Crippen LogP contribution in [0.5, 0.6) is 11.5 Å². The lowest BCUT2D eigenvalue weighted by Crippen LogP contribution is -2.39. The predicted octanol–water partition coefficient (Wildman–Crippen LogP) is 1.97. The van der Waals surface area contributed by atoms with Gasteiger partial charge in [-0.25, -0.2) is 4.79 Å². The first-order chi connectivity index (χ1) is 16.3. The van der Waals surface area contributed by atoms with Gasteiger partial charge in [-0.05, 0) is 38.1 Å². The summed E-state index contributed by atoms with van der Waals surface area (Å²) in [6, 6.07) is 10.0. The van der Waals surface area contributed by atoms with Crippen LogP contribution in [0.4, 0.5) is 10.5 Å². The molecule has 3 rings (SSSR count). The zero-order valence-corrected chi connectivity index (χ0v) is 18.6. The van der Waals surface area contributed by atoms with Crippen molar-refractivity contribution < 1.29 is 38.2 Å². The van der Waals surface area contributed by atoms with E-state index in [1.165, 1.54) is 12.1 Å². The molecular formula is C23H23N3O8. The highest BCUT2D eigenvalue weighted by Crippen LogP contribution is 2.30. The average molecular weight is 469 g/mol. The lowest BCUT2D eigenvalue weighted by Gasteiger charge is -2.14. The first kappa shape index (κ1) is 24.2. The Balaban J connectivity index is 1.47. The molecule has 178 valence electrons. The number of carbonyl (C=O) groups excluding carboxylic acids is 5. The molecule has 11 nitrogen and oxygen atoms in total. The Hall–Kier alpha value is -4.41. The molecular weight excluding hydrogens is 446 g/mol. The fourth-order valence-corrected chi connectivity index (χ4v) is 3.16. The summed E-state index contributed by atoms with van der Waals surface area (Å²) in [5.41, 5.74) is 0.729. The van der Waals surface area contributed by atoms with E-state index in [4.69, 9.17) is 14.2 Å². The second-order valence-corrected chi connectivity index (χ2v) is 6.93. The van der Waals surface area contributed by atoms with E-state index in [2.05, 4.69) is 5.32 Å². The van der Waals surface area contributed by atoms with E-state index in [0.717, 1.165) is 4.90 Å². The van der Waals surface area contributed by atoms with Gasteiger partial charge in [0.25, 0.3) is 17.7 Å². The Labute approximate surface area is 195 Å². The Morgan fingerprint density at radius 1 is 0.882 bits per heavy atom. The maximum absolute atomic E-state index is 12.3. The van der Waals surface area contributed by atoms with Crippen molar-refractivity contribution in [2.75, 3.05) is 31.7 Å². The molecule has 0 saturated heterocycles. The van der Waals surface area contributed by atoms with Crippen LogP contribution in [0, 0.1) is 0 Å². The van der Waals surface area contributed by atoms with Crippen LogP contribution in [0.25, 0.3) is 0 Å². The van der Waals surface area contributed by atoms with Crippen LogP contribution in [-0.4, -0.2) is 61.0 Å². The van der Waals surface area contributed by atoms with Crippen molar-refractivity contribution in [3.05, 3.63) is 53.6 Å². The molecule has 2 aromatic carbocycles. The van der Waals surface area contributed by atoms with Crippen LogP contribution in [0.2, 0.25) is 0 Å². The van der Waals surface area contributed by atoms with Gasteiger partial charge in [0, 0.05) is 11.8 Å². The third-order valence-corrected chi connectivity index (χ3v) is 4.58. The standard InChI is InChI=1S/C23H23N3O8/c1-3-32-17-10-9-14(11-18(17)33-4-2)24-23(31)25-19(27)13-34-20(28)12-26-21(29)15-7-5-6-8-16(15)22(26)30/h5-11H,3-4,12-13H2,1-2H3,(H2,24,25,27,31). The van der Waals surface area contributed by atoms with Gasteiger partial charge in [0.2, 0.25) is 0 Å². The monoisotopic (exact) mass is 469 g/mol. The number of esters is 1. The number of imide groups is 2. The molecule has 0 saturated carbocycles. The molecule has 0 atom stereocenters. The molecule has 0 unspecified atom stereocenters. The largest absolute Gasteiger partial charge is 0.490 e. The molecule has 0 aromatic heterocycles. The molecule has 0 spiro atoms. The van der Waals surface area contributed by atoms with Crippen molar-refractivity contribution in [3.63, 3.8) is 0 Å². The van der Waals surface area contributed by atoms with E-state index in [1.807, 2.05) is 12.2 Å². The van der Waals surface area contributed by atoms with Crippen molar-refractivity contribution >= 4 is 35.4 Å². The second-order valence-electron chi connectivity index (χ2n) is 6.93. The van der Waals surface area contributed by atoms with E-state index in [1.54, 1.807) is 37.3 Å². The molecule has 1 aliphatic rings. The maximum Gasteiger partial charge on any atom is 0.326 e. The Kier molecular flexibility index (Phi) is 7.80. The summed E-state index contributed by atoms with van der Waals surface area (Å²) in [6.45, 7) is 3.03. The fraction of sp³-hybridized carbons (Fsp3) is 0.261. The number of carbonyl (C=O) groups is 5. The van der Waals surface area contributed by atoms with Crippen molar-refractivity contribution in [2.45, 2.75) is 13.8 Å². The highest BCUT2D eigenvalue weighted by atomic mass is 16.5. The van der Waals surface area contributed by atoms with Gasteiger partial charge in [-0.15, -0.1) is 0 Å². The number of urea groups is 1. The van der Waals surface area contributed by atoms with E-state index in [0.29, 0.717) is 30.4 Å². The second kappa shape index (κ2) is 10.9. The van der Waals surface area contributed by atoms with E-state index in [9.17, 15) is 24.0 Å². The van der Waals surface area contributed by atoms with Crippen LogP contribution in [-0.2, 0) is 14.3 Å². The summed E-state index contributed by atoms with van der Waals surface area (Å²) < 4.78 is 15.7. The molecule has 1 heterocycles. The number of nitrogens with one attached hydrogen (secondary N) is 2. The van der Waals surface area contributed by atoms with E-state index >= 15 is 0 Å².